The van der Waals surface area contributed by atoms with Crippen LogP contribution in [0.4, 0.5) is 0 Å². The smallest absolute Gasteiger partial charge is 0.161 e. The van der Waals surface area contributed by atoms with Crippen LogP contribution in [0.5, 0.6) is 0 Å². The van der Waals surface area contributed by atoms with Crippen LogP contribution in [0.15, 0.2) is 40.9 Å². The molecule has 0 unspecified atom stereocenters. The van der Waals surface area contributed by atoms with Crippen LogP contribution in [0.2, 0.25) is 5.15 Å². The SMILES string of the molecule is Cc1cccc(-c2nc(Cl)c3ccc(Br)c(C)c3n2)c1. The number of benzene rings is 2. The summed E-state index contributed by atoms with van der Waals surface area (Å²) in [5.41, 5.74) is 4.11. The maximum atomic E-state index is 6.31. The minimum atomic E-state index is 0.488. The molecule has 0 fully saturated rings. The first-order chi connectivity index (χ1) is 9.56. The minimum absolute atomic E-state index is 0.488. The van der Waals surface area contributed by atoms with Crippen LogP contribution in [-0.2, 0) is 0 Å². The monoisotopic (exact) mass is 346 g/mol. The number of halogens is 2. The molecule has 0 atom stereocenters. The molecular formula is C16H12BrClN2. The zero-order valence-electron chi connectivity index (χ0n) is 11.1. The predicted octanol–water partition coefficient (Wildman–Crippen LogP) is 5.33. The molecule has 2 aromatic carbocycles. The van der Waals surface area contributed by atoms with Crippen molar-refractivity contribution in [3.63, 3.8) is 0 Å². The Bertz CT molecular complexity index is 815. The third kappa shape index (κ3) is 2.32. The fraction of sp³-hybridized carbons (Fsp3) is 0.125. The molecule has 1 aromatic heterocycles. The summed E-state index contributed by atoms with van der Waals surface area (Å²) in [6.45, 7) is 4.07. The quantitative estimate of drug-likeness (QED) is 0.556. The zero-order valence-corrected chi connectivity index (χ0v) is 13.5. The first-order valence-corrected chi connectivity index (χ1v) is 7.43. The maximum Gasteiger partial charge on any atom is 0.161 e. The average molecular weight is 348 g/mol. The number of rotatable bonds is 1. The lowest BCUT2D eigenvalue weighted by molar-refractivity contribution is 1.21. The second-order valence-electron chi connectivity index (χ2n) is 4.78. The molecule has 0 aliphatic rings. The molecule has 0 aliphatic carbocycles. The molecule has 0 saturated heterocycles. The van der Waals surface area contributed by atoms with E-state index in [1.165, 1.54) is 5.56 Å². The van der Waals surface area contributed by atoms with E-state index in [0.29, 0.717) is 11.0 Å². The number of aromatic nitrogens is 2. The van der Waals surface area contributed by atoms with Gasteiger partial charge in [0, 0.05) is 15.4 Å². The van der Waals surface area contributed by atoms with Gasteiger partial charge in [0.05, 0.1) is 5.52 Å². The Morgan fingerprint density at radius 3 is 2.60 bits per heavy atom. The number of hydrogen-bond acceptors (Lipinski definition) is 2. The molecule has 0 saturated carbocycles. The van der Waals surface area contributed by atoms with E-state index in [1.54, 1.807) is 0 Å². The molecule has 100 valence electrons. The summed E-state index contributed by atoms with van der Waals surface area (Å²) >= 11 is 9.84. The van der Waals surface area contributed by atoms with E-state index in [4.69, 9.17) is 11.6 Å². The maximum absolute atomic E-state index is 6.31. The van der Waals surface area contributed by atoms with Crippen LogP contribution in [0, 0.1) is 13.8 Å². The highest BCUT2D eigenvalue weighted by Crippen LogP contribution is 2.30. The van der Waals surface area contributed by atoms with Crippen LogP contribution in [0.25, 0.3) is 22.3 Å². The van der Waals surface area contributed by atoms with Gasteiger partial charge >= 0.3 is 0 Å². The summed E-state index contributed by atoms with van der Waals surface area (Å²) in [5.74, 6) is 0.660. The Morgan fingerprint density at radius 2 is 1.85 bits per heavy atom. The number of fused-ring (bicyclic) bond motifs is 1. The standard InChI is InChI=1S/C16H12BrClN2/c1-9-4-3-5-11(8-9)16-19-14-10(2)13(17)7-6-12(14)15(18)20-16/h3-8H,1-2H3. The van der Waals surface area contributed by atoms with Crippen LogP contribution in [-0.4, -0.2) is 9.97 Å². The van der Waals surface area contributed by atoms with Crippen LogP contribution in [0.3, 0.4) is 0 Å². The summed E-state index contributed by atoms with van der Waals surface area (Å²) in [4.78, 5) is 9.10. The van der Waals surface area contributed by atoms with Crippen molar-refractivity contribution in [2.45, 2.75) is 13.8 Å². The summed E-state index contributed by atoms with van der Waals surface area (Å²) in [7, 11) is 0. The highest BCUT2D eigenvalue weighted by atomic mass is 79.9. The van der Waals surface area contributed by atoms with Crippen molar-refractivity contribution in [1.29, 1.82) is 0 Å². The molecule has 2 nitrogen and oxygen atoms in total. The van der Waals surface area contributed by atoms with E-state index in [1.807, 2.05) is 44.2 Å². The molecule has 0 bridgehead atoms. The Hall–Kier alpha value is -1.45. The van der Waals surface area contributed by atoms with E-state index < -0.39 is 0 Å². The molecule has 4 heteroatoms. The highest BCUT2D eigenvalue weighted by molar-refractivity contribution is 9.10. The number of aryl methyl sites for hydroxylation is 2. The van der Waals surface area contributed by atoms with Crippen LogP contribution in [0.1, 0.15) is 11.1 Å². The summed E-state index contributed by atoms with van der Waals surface area (Å²) in [6, 6.07) is 12.0. The molecule has 20 heavy (non-hydrogen) atoms. The van der Waals surface area contributed by atoms with Crippen LogP contribution >= 0.6 is 27.5 Å². The molecule has 0 radical (unpaired) electrons. The molecule has 0 N–H and O–H groups in total. The van der Waals surface area contributed by atoms with E-state index in [9.17, 15) is 0 Å². The second-order valence-corrected chi connectivity index (χ2v) is 5.99. The Kier molecular flexibility index (Phi) is 3.48. The van der Waals surface area contributed by atoms with E-state index in [0.717, 1.165) is 26.5 Å². The molecular weight excluding hydrogens is 336 g/mol. The largest absolute Gasteiger partial charge is 0.228 e. The van der Waals surface area contributed by atoms with Crippen molar-refractivity contribution in [3.8, 4) is 11.4 Å². The van der Waals surface area contributed by atoms with Gasteiger partial charge in [-0.3, -0.25) is 0 Å². The highest BCUT2D eigenvalue weighted by Gasteiger charge is 2.11. The Morgan fingerprint density at radius 1 is 1.05 bits per heavy atom. The predicted molar refractivity (Wildman–Crippen MR) is 87.2 cm³/mol. The van der Waals surface area contributed by atoms with Gasteiger partial charge in [0.15, 0.2) is 5.82 Å². The fourth-order valence-corrected chi connectivity index (χ4v) is 2.74. The van der Waals surface area contributed by atoms with Gasteiger partial charge in [0.1, 0.15) is 5.15 Å². The van der Waals surface area contributed by atoms with E-state index in [-0.39, 0.29) is 0 Å². The van der Waals surface area contributed by atoms with Crippen molar-refractivity contribution in [3.05, 3.63) is 57.2 Å². The summed E-state index contributed by atoms with van der Waals surface area (Å²) in [5, 5.41) is 1.37. The Balaban J connectivity index is 2.31. The molecule has 0 spiro atoms. The minimum Gasteiger partial charge on any atom is -0.228 e. The van der Waals surface area contributed by atoms with Crippen molar-refractivity contribution < 1.29 is 0 Å². The number of nitrogens with zero attached hydrogens (tertiary/aromatic N) is 2. The van der Waals surface area contributed by atoms with Gasteiger partial charge in [-0.2, -0.15) is 0 Å². The lowest BCUT2D eigenvalue weighted by atomic mass is 10.1. The van der Waals surface area contributed by atoms with Crippen molar-refractivity contribution in [2.24, 2.45) is 0 Å². The number of hydrogen-bond donors (Lipinski definition) is 0. The lowest BCUT2D eigenvalue weighted by Crippen LogP contribution is -1.94. The van der Waals surface area contributed by atoms with Crippen molar-refractivity contribution in [2.75, 3.05) is 0 Å². The fourth-order valence-electron chi connectivity index (χ4n) is 2.18. The Labute approximate surface area is 131 Å². The van der Waals surface area contributed by atoms with Gasteiger partial charge in [-0.25, -0.2) is 9.97 Å². The normalized spacial score (nSPS) is 11.0. The first kappa shape index (κ1) is 13.5. The summed E-state index contributed by atoms with van der Waals surface area (Å²) < 4.78 is 1.02. The molecule has 3 rings (SSSR count). The van der Waals surface area contributed by atoms with Gasteiger partial charge in [-0.1, -0.05) is 51.3 Å². The average Bonchev–Trinajstić information content (AvgIpc) is 2.43. The van der Waals surface area contributed by atoms with Crippen molar-refractivity contribution in [1.82, 2.24) is 9.97 Å². The lowest BCUT2D eigenvalue weighted by Gasteiger charge is -2.08. The molecule has 3 aromatic rings. The second kappa shape index (κ2) is 5.15. The molecule has 0 amide bonds. The van der Waals surface area contributed by atoms with Gasteiger partial charge in [0.2, 0.25) is 0 Å². The molecule has 0 aliphatic heterocycles. The van der Waals surface area contributed by atoms with Gasteiger partial charge in [-0.05, 0) is 37.6 Å². The van der Waals surface area contributed by atoms with Gasteiger partial charge in [0.25, 0.3) is 0 Å². The summed E-state index contributed by atoms with van der Waals surface area (Å²) in [6.07, 6.45) is 0. The van der Waals surface area contributed by atoms with Gasteiger partial charge in [-0.15, -0.1) is 0 Å². The molecule has 1 heterocycles. The van der Waals surface area contributed by atoms with Crippen LogP contribution < -0.4 is 0 Å². The van der Waals surface area contributed by atoms with Crippen molar-refractivity contribution >= 4 is 38.4 Å². The third-order valence-corrected chi connectivity index (χ3v) is 4.43. The topological polar surface area (TPSA) is 25.8 Å². The van der Waals surface area contributed by atoms with E-state index in [2.05, 4.69) is 32.0 Å². The third-order valence-electron chi connectivity index (χ3n) is 3.29. The first-order valence-electron chi connectivity index (χ1n) is 6.25. The van der Waals surface area contributed by atoms with Gasteiger partial charge < -0.3 is 0 Å². The van der Waals surface area contributed by atoms with E-state index >= 15 is 0 Å². The zero-order chi connectivity index (χ0) is 14.3.